The number of rotatable bonds is 7. The van der Waals surface area contributed by atoms with Gasteiger partial charge in [0.1, 0.15) is 31.8 Å². The smallest absolute Gasteiger partial charge is 0.506 e. The molecule has 0 fully saturated rings. The molecular formula is C23H20ClCuN8O11S3+3. The second kappa shape index (κ2) is 12.3. The van der Waals surface area contributed by atoms with Gasteiger partial charge in [-0.1, -0.05) is 16.0 Å². The number of nitrogens with one attached hydrogen (secondary N) is 4. The summed E-state index contributed by atoms with van der Waals surface area (Å²) >= 11 is 5.91. The molecule has 13 N–H and O–H groups in total. The van der Waals surface area contributed by atoms with Crippen LogP contribution in [0, 0.1) is 0 Å². The molecule has 0 saturated carbocycles. The Labute approximate surface area is 279 Å². The molecule has 0 aliphatic carbocycles. The van der Waals surface area contributed by atoms with Gasteiger partial charge in [0, 0.05) is 56.6 Å². The molecule has 0 amide bonds. The van der Waals surface area contributed by atoms with Crippen LogP contribution in [0.5, 0.6) is 11.5 Å². The Balaban J connectivity index is 0.00000500. The Kier molecular flexibility index (Phi) is 9.26. The van der Waals surface area contributed by atoms with Crippen LogP contribution in [-0.4, -0.2) is 49.1 Å². The molecule has 0 aliphatic rings. The largest absolute Gasteiger partial charge is 0.571 e. The van der Waals surface area contributed by atoms with Gasteiger partial charge in [-0.2, -0.15) is 31.0 Å². The summed E-state index contributed by atoms with van der Waals surface area (Å²) in [6.45, 7) is 0. The molecule has 0 aliphatic heterocycles. The number of hydrogen-bond acceptors (Lipinski definition) is 13. The van der Waals surface area contributed by atoms with Gasteiger partial charge in [0.2, 0.25) is 0 Å². The second-order valence-electron chi connectivity index (χ2n) is 9.37. The van der Waals surface area contributed by atoms with Crippen molar-refractivity contribution >= 4 is 98.1 Å². The maximum absolute atomic E-state index is 12.2. The van der Waals surface area contributed by atoms with E-state index >= 15 is 0 Å². The van der Waals surface area contributed by atoms with Crippen LogP contribution in [0.1, 0.15) is 0 Å². The van der Waals surface area contributed by atoms with Crippen LogP contribution in [0.25, 0.3) is 21.5 Å². The van der Waals surface area contributed by atoms with Gasteiger partial charge in [-0.05, 0) is 30.3 Å². The summed E-state index contributed by atoms with van der Waals surface area (Å²) < 4.78 is 101. The van der Waals surface area contributed by atoms with Gasteiger partial charge in [-0.25, -0.2) is 0 Å². The first kappa shape index (κ1) is 35.4. The van der Waals surface area contributed by atoms with Gasteiger partial charge in [-0.3, -0.25) is 19.0 Å². The Morgan fingerprint density at radius 3 is 1.91 bits per heavy atom. The molecule has 5 aromatic rings. The van der Waals surface area contributed by atoms with E-state index in [0.29, 0.717) is 12.1 Å². The molecule has 47 heavy (non-hydrogen) atoms. The maximum Gasteiger partial charge on any atom is 0.571 e. The molecule has 24 heteroatoms. The summed E-state index contributed by atoms with van der Waals surface area (Å²) in [5.74, 6) is -1.51. The number of azo groups is 1. The minimum Gasteiger partial charge on any atom is -0.506 e. The molecule has 1 heterocycles. The number of phenols is 2. The summed E-state index contributed by atoms with van der Waals surface area (Å²) in [6, 6.07) is 7.09. The average Bonchev–Trinajstić information content (AvgIpc) is 2.90. The number of H-pyrrole nitrogens is 3. The van der Waals surface area contributed by atoms with E-state index in [2.05, 4.69) is 30.5 Å². The third kappa shape index (κ3) is 6.97. The van der Waals surface area contributed by atoms with Crippen molar-refractivity contribution in [1.82, 2.24) is 0 Å². The Bertz CT molecular complexity index is 2480. The third-order valence-corrected chi connectivity index (χ3v) is 9.24. The van der Waals surface area contributed by atoms with Crippen LogP contribution >= 0.6 is 11.6 Å². The van der Waals surface area contributed by atoms with Gasteiger partial charge in [-0.15, -0.1) is 15.2 Å². The predicted octanol–water partition coefficient (Wildman–Crippen LogP) is 1.56. The number of anilines is 4. The molecule has 4 aromatic carbocycles. The predicted molar refractivity (Wildman–Crippen MR) is 158 cm³/mol. The first-order valence-electron chi connectivity index (χ1n) is 12.1. The van der Waals surface area contributed by atoms with Crippen molar-refractivity contribution in [3.05, 3.63) is 47.7 Å². The van der Waals surface area contributed by atoms with E-state index in [1.807, 2.05) is 0 Å². The standard InChI is InChI=1S/C23H17ClN8O11S3.Cu/c24-21-28-22(26)30-23(29-21)27-8-1-2-9-11(5-8)14(44(35,36)37)6-13(33)19(9)32-31-12-4-3-10-15(45(38,39)40)7-16(46(41,42)43)18(25)17(10)20(12)34;/h1-7,33-34H,25H2,(H,35,36,37)(H,38,39,40)(H,41,42,43)(H3,26,27,28,29,30);/p+3. The van der Waals surface area contributed by atoms with Crippen LogP contribution in [0.4, 0.5) is 34.6 Å². The van der Waals surface area contributed by atoms with E-state index in [1.165, 1.54) is 18.2 Å². The molecule has 5 rings (SSSR count). The molecule has 0 unspecified atom stereocenters. The molecule has 251 valence electrons. The number of halogens is 1. The van der Waals surface area contributed by atoms with Crippen LogP contribution in [0.3, 0.4) is 0 Å². The van der Waals surface area contributed by atoms with Crippen molar-refractivity contribution in [2.24, 2.45) is 10.2 Å². The molecule has 0 atom stereocenters. The van der Waals surface area contributed by atoms with Crippen molar-refractivity contribution < 1.29 is 81.1 Å². The van der Waals surface area contributed by atoms with Gasteiger partial charge < -0.3 is 15.9 Å². The van der Waals surface area contributed by atoms with E-state index < -0.39 is 78.7 Å². The van der Waals surface area contributed by atoms with Crippen LogP contribution in [-0.2, 0) is 47.4 Å². The zero-order valence-electron chi connectivity index (χ0n) is 22.7. The van der Waals surface area contributed by atoms with E-state index in [4.69, 9.17) is 23.1 Å². The van der Waals surface area contributed by atoms with E-state index in [-0.39, 0.29) is 56.4 Å². The Hall–Kier alpha value is -4.45. The number of aromatic nitrogens is 3. The van der Waals surface area contributed by atoms with Crippen LogP contribution < -0.4 is 31.7 Å². The summed E-state index contributed by atoms with van der Waals surface area (Å²) in [5, 5.41) is 30.9. The molecule has 0 saturated heterocycles. The molecule has 19 nitrogen and oxygen atoms in total. The molecule has 0 bridgehead atoms. The van der Waals surface area contributed by atoms with E-state index in [9.17, 15) is 49.1 Å². The number of nitrogen functional groups attached to an aromatic ring is 2. The van der Waals surface area contributed by atoms with Gasteiger partial charge >= 0.3 is 17.2 Å². The van der Waals surface area contributed by atoms with E-state index in [1.54, 1.807) is 0 Å². The first-order chi connectivity index (χ1) is 21.3. The maximum atomic E-state index is 12.2. The van der Waals surface area contributed by atoms with Crippen molar-refractivity contribution in [1.29, 1.82) is 0 Å². The topological polar surface area (TPSA) is 335 Å². The molecule has 0 spiro atoms. The Morgan fingerprint density at radius 1 is 0.723 bits per heavy atom. The monoisotopic (exact) mass is 778 g/mol. The third-order valence-electron chi connectivity index (χ3n) is 6.37. The number of hydrogen-bond donors (Lipinski definition) is 8. The molecular weight excluding hydrogens is 759 g/mol. The quantitative estimate of drug-likeness (QED) is 0.0503. The van der Waals surface area contributed by atoms with E-state index in [0.717, 1.165) is 12.1 Å². The zero-order chi connectivity index (χ0) is 33.9. The molecule has 1 radical (unpaired) electrons. The number of aromatic amines is 3. The fourth-order valence-corrected chi connectivity index (χ4v) is 6.83. The summed E-state index contributed by atoms with van der Waals surface area (Å²) in [4.78, 5) is 5.08. The fraction of sp³-hybridized carbons (Fsp3) is 0. The summed E-state index contributed by atoms with van der Waals surface area (Å²) in [6.07, 6.45) is 0. The van der Waals surface area contributed by atoms with Crippen molar-refractivity contribution in [2.75, 3.05) is 16.8 Å². The van der Waals surface area contributed by atoms with Crippen LogP contribution in [0.2, 0.25) is 5.28 Å². The number of fused-ring (bicyclic) bond motifs is 2. The number of phenolic OH excluding ortho intramolecular Hbond substituents is 2. The molecule has 1 aromatic heterocycles. The minimum absolute atomic E-state index is 0. The SMILES string of the molecule is Nc1[nH+]c(Cl)[nH+]c(Nc2ccc3c(N=Nc4ccc5c(S(=O)(=O)O)cc(S(=O)(=O)O)c(N)c5c4O)c(O)cc(S(=O)(=O)O)c3c2)[nH+]1.[Cu]. The van der Waals surface area contributed by atoms with Crippen molar-refractivity contribution in [3.63, 3.8) is 0 Å². The van der Waals surface area contributed by atoms with Crippen molar-refractivity contribution in [3.8, 4) is 11.5 Å². The van der Waals surface area contributed by atoms with Crippen LogP contribution in [0.15, 0.2) is 67.4 Å². The first-order valence-corrected chi connectivity index (χ1v) is 16.8. The number of nitrogens with zero attached hydrogens (tertiary/aromatic N) is 2. The second-order valence-corrected chi connectivity index (χ2v) is 13.9. The van der Waals surface area contributed by atoms with Gasteiger partial charge in [0.25, 0.3) is 30.4 Å². The summed E-state index contributed by atoms with van der Waals surface area (Å²) in [7, 11) is -15.2. The number of nitrogens with two attached hydrogens (primary N) is 2. The van der Waals surface area contributed by atoms with Gasteiger partial charge in [0.05, 0.1) is 11.1 Å². The fourth-order valence-electron chi connectivity index (χ4n) is 4.49. The minimum atomic E-state index is -5.16. The zero-order valence-corrected chi connectivity index (χ0v) is 26.8. The number of benzene rings is 4. The summed E-state index contributed by atoms with van der Waals surface area (Å²) in [5.41, 5.74) is 10.1. The normalized spacial score (nSPS) is 12.4. The average molecular weight is 780 g/mol. The van der Waals surface area contributed by atoms with Gasteiger partial charge in [0.15, 0.2) is 5.75 Å². The van der Waals surface area contributed by atoms with Crippen molar-refractivity contribution in [2.45, 2.75) is 14.7 Å². The Morgan fingerprint density at radius 2 is 1.32 bits per heavy atom. The number of aromatic hydroxyl groups is 2.